The summed E-state index contributed by atoms with van der Waals surface area (Å²) in [6.07, 6.45) is 6.75. The molecule has 1 saturated heterocycles. The molecule has 0 aromatic heterocycles. The van der Waals surface area contributed by atoms with Crippen LogP contribution in [-0.4, -0.2) is 28.8 Å². The maximum atomic E-state index is 11.2. The first-order valence-corrected chi connectivity index (χ1v) is 4.73. The van der Waals surface area contributed by atoms with Gasteiger partial charge in [0.1, 0.15) is 5.78 Å². The first-order valence-electron chi connectivity index (χ1n) is 4.73. The fraction of sp³-hybridized carbons (Fsp3) is 0.727. The van der Waals surface area contributed by atoms with E-state index in [0.29, 0.717) is 18.6 Å². The number of Topliss-reactive ketones (excluding diaryl/α,β-unsaturated/α-hetero) is 1. The third-order valence-corrected chi connectivity index (χ3v) is 2.76. The van der Waals surface area contributed by atoms with E-state index >= 15 is 0 Å². The molecule has 1 aliphatic rings. The minimum absolute atomic E-state index is 0.222. The van der Waals surface area contributed by atoms with Gasteiger partial charge in [-0.05, 0) is 20.8 Å². The van der Waals surface area contributed by atoms with Crippen molar-refractivity contribution < 1.29 is 4.79 Å². The molecule has 0 spiro atoms. The van der Waals surface area contributed by atoms with Gasteiger partial charge in [0.25, 0.3) is 0 Å². The average Bonchev–Trinajstić information content (AvgIpc) is 2.03. The molecular formula is C11H17NO. The van der Waals surface area contributed by atoms with Crippen LogP contribution in [0, 0.1) is 12.3 Å². The van der Waals surface area contributed by atoms with Crippen LogP contribution in [0.25, 0.3) is 0 Å². The lowest BCUT2D eigenvalue weighted by Gasteiger charge is -2.41. The minimum atomic E-state index is -0.222. The lowest BCUT2D eigenvalue weighted by Crippen LogP contribution is -2.52. The van der Waals surface area contributed by atoms with Crippen molar-refractivity contribution in [2.24, 2.45) is 0 Å². The summed E-state index contributed by atoms with van der Waals surface area (Å²) in [6.45, 7) is 6.92. The maximum Gasteiger partial charge on any atom is 0.135 e. The fourth-order valence-electron chi connectivity index (χ4n) is 1.92. The molecule has 13 heavy (non-hydrogen) atoms. The second-order valence-electron chi connectivity index (χ2n) is 4.24. The van der Waals surface area contributed by atoms with E-state index in [0.717, 1.165) is 6.54 Å². The van der Waals surface area contributed by atoms with Crippen LogP contribution in [0.2, 0.25) is 0 Å². The topological polar surface area (TPSA) is 20.3 Å². The molecule has 0 N–H and O–H groups in total. The molecule has 1 atom stereocenters. The van der Waals surface area contributed by atoms with E-state index in [1.54, 1.807) is 0 Å². The molecular weight excluding hydrogens is 162 g/mol. The molecule has 2 nitrogen and oxygen atoms in total. The van der Waals surface area contributed by atoms with Gasteiger partial charge >= 0.3 is 0 Å². The van der Waals surface area contributed by atoms with Gasteiger partial charge in [-0.3, -0.25) is 9.69 Å². The first-order chi connectivity index (χ1) is 5.97. The Labute approximate surface area is 80.3 Å². The van der Waals surface area contributed by atoms with Gasteiger partial charge in [-0.2, -0.15) is 0 Å². The molecule has 72 valence electrons. The van der Waals surface area contributed by atoms with Crippen LogP contribution in [0.5, 0.6) is 0 Å². The van der Waals surface area contributed by atoms with Crippen molar-refractivity contribution in [2.75, 3.05) is 6.54 Å². The van der Waals surface area contributed by atoms with E-state index in [4.69, 9.17) is 6.42 Å². The Kier molecular flexibility index (Phi) is 2.77. The average molecular weight is 179 g/mol. The van der Waals surface area contributed by atoms with Gasteiger partial charge in [-0.15, -0.1) is 6.42 Å². The summed E-state index contributed by atoms with van der Waals surface area (Å²) in [6, 6.07) is 0.285. The Morgan fingerprint density at radius 1 is 1.62 bits per heavy atom. The van der Waals surface area contributed by atoms with E-state index < -0.39 is 0 Å². The number of likely N-dealkylation sites (tertiary alicyclic amines) is 1. The van der Waals surface area contributed by atoms with Crippen molar-refractivity contribution in [3.05, 3.63) is 0 Å². The largest absolute Gasteiger partial charge is 0.300 e. The monoisotopic (exact) mass is 179 g/mol. The Bertz CT molecular complexity index is 249. The third kappa shape index (κ3) is 2.10. The molecule has 0 aromatic carbocycles. The molecule has 0 aromatic rings. The number of rotatable bonds is 1. The Morgan fingerprint density at radius 2 is 2.23 bits per heavy atom. The summed E-state index contributed by atoms with van der Waals surface area (Å²) in [5, 5.41) is 0. The van der Waals surface area contributed by atoms with Gasteiger partial charge in [-0.1, -0.05) is 5.92 Å². The molecule has 1 fully saturated rings. The van der Waals surface area contributed by atoms with Crippen molar-refractivity contribution in [3.8, 4) is 12.3 Å². The molecule has 0 aliphatic carbocycles. The number of hydrogen-bond donors (Lipinski definition) is 0. The maximum absolute atomic E-state index is 11.2. The van der Waals surface area contributed by atoms with Gasteiger partial charge in [0.15, 0.2) is 0 Å². The highest BCUT2D eigenvalue weighted by Crippen LogP contribution is 2.23. The quantitative estimate of drug-likeness (QED) is 0.568. The van der Waals surface area contributed by atoms with Crippen molar-refractivity contribution in [1.82, 2.24) is 4.90 Å². The van der Waals surface area contributed by atoms with Crippen LogP contribution in [0.1, 0.15) is 33.6 Å². The third-order valence-electron chi connectivity index (χ3n) is 2.76. The van der Waals surface area contributed by atoms with Gasteiger partial charge in [0, 0.05) is 25.4 Å². The van der Waals surface area contributed by atoms with Crippen molar-refractivity contribution in [2.45, 2.75) is 45.2 Å². The van der Waals surface area contributed by atoms with Crippen molar-refractivity contribution in [3.63, 3.8) is 0 Å². The van der Waals surface area contributed by atoms with Crippen LogP contribution >= 0.6 is 0 Å². The van der Waals surface area contributed by atoms with E-state index in [1.807, 2.05) is 13.8 Å². The summed E-state index contributed by atoms with van der Waals surface area (Å²) < 4.78 is 0. The van der Waals surface area contributed by atoms with Gasteiger partial charge < -0.3 is 0 Å². The van der Waals surface area contributed by atoms with Gasteiger partial charge in [-0.25, -0.2) is 0 Å². The summed E-state index contributed by atoms with van der Waals surface area (Å²) >= 11 is 0. The smallest absolute Gasteiger partial charge is 0.135 e. The van der Waals surface area contributed by atoms with Crippen LogP contribution in [-0.2, 0) is 4.79 Å². The van der Waals surface area contributed by atoms with E-state index in [1.165, 1.54) is 0 Å². The van der Waals surface area contributed by atoms with Crippen molar-refractivity contribution >= 4 is 5.78 Å². The Balaban J connectivity index is 2.73. The summed E-state index contributed by atoms with van der Waals surface area (Å²) in [7, 11) is 0. The van der Waals surface area contributed by atoms with Gasteiger partial charge in [0.05, 0.1) is 5.54 Å². The normalized spacial score (nSPS) is 25.7. The van der Waals surface area contributed by atoms with E-state index in [9.17, 15) is 4.79 Å². The molecule has 1 unspecified atom stereocenters. The number of carbonyl (C=O) groups is 1. The van der Waals surface area contributed by atoms with E-state index in [-0.39, 0.29) is 11.6 Å². The molecule has 1 heterocycles. The molecule has 0 amide bonds. The van der Waals surface area contributed by atoms with E-state index in [2.05, 4.69) is 17.7 Å². The predicted octanol–water partition coefficient (Wildman–Crippen LogP) is 1.45. The number of nitrogens with zero attached hydrogens (tertiary/aromatic N) is 1. The molecule has 1 rings (SSSR count). The Hall–Kier alpha value is -0.810. The van der Waals surface area contributed by atoms with Crippen LogP contribution in [0.4, 0.5) is 0 Å². The highest BCUT2D eigenvalue weighted by atomic mass is 16.1. The SMILES string of the molecule is C#CC(C)(C)N1CCC(=O)CC1C. The fourth-order valence-corrected chi connectivity index (χ4v) is 1.92. The molecule has 0 bridgehead atoms. The number of terminal acetylenes is 1. The summed E-state index contributed by atoms with van der Waals surface area (Å²) in [4.78, 5) is 13.4. The zero-order chi connectivity index (χ0) is 10.1. The van der Waals surface area contributed by atoms with Crippen LogP contribution < -0.4 is 0 Å². The zero-order valence-corrected chi connectivity index (χ0v) is 8.63. The van der Waals surface area contributed by atoms with Crippen LogP contribution in [0.15, 0.2) is 0 Å². The molecule has 0 radical (unpaired) electrons. The number of carbonyl (C=O) groups excluding carboxylic acids is 1. The standard InChI is InChI=1S/C11H17NO/c1-5-11(3,4)12-7-6-10(13)8-9(12)2/h1,9H,6-8H2,2-4H3. The molecule has 0 saturated carbocycles. The molecule has 1 aliphatic heterocycles. The summed E-state index contributed by atoms with van der Waals surface area (Å²) in [5.41, 5.74) is -0.222. The van der Waals surface area contributed by atoms with Crippen molar-refractivity contribution in [1.29, 1.82) is 0 Å². The number of piperidine rings is 1. The van der Waals surface area contributed by atoms with Crippen LogP contribution in [0.3, 0.4) is 0 Å². The lowest BCUT2D eigenvalue weighted by atomic mass is 9.94. The highest BCUT2D eigenvalue weighted by molar-refractivity contribution is 5.80. The second-order valence-corrected chi connectivity index (χ2v) is 4.24. The first kappa shape index (κ1) is 10.3. The lowest BCUT2D eigenvalue weighted by molar-refractivity contribution is -0.124. The minimum Gasteiger partial charge on any atom is -0.300 e. The van der Waals surface area contributed by atoms with Gasteiger partial charge in [0.2, 0.25) is 0 Å². The molecule has 2 heteroatoms. The summed E-state index contributed by atoms with van der Waals surface area (Å²) in [5.74, 6) is 3.13. The number of hydrogen-bond acceptors (Lipinski definition) is 2. The zero-order valence-electron chi connectivity index (χ0n) is 8.63. The highest BCUT2D eigenvalue weighted by Gasteiger charge is 2.32. The Morgan fingerprint density at radius 3 is 2.69 bits per heavy atom. The predicted molar refractivity (Wildman–Crippen MR) is 53.3 cm³/mol. The second kappa shape index (κ2) is 3.51. The number of ketones is 1.